The van der Waals surface area contributed by atoms with E-state index in [0.717, 1.165) is 17.8 Å². The fraction of sp³-hybridized carbons (Fsp3) is 0.176. The molecule has 2 aromatic heterocycles. The second-order valence-electron chi connectivity index (χ2n) is 5.40. The summed E-state index contributed by atoms with van der Waals surface area (Å²) in [4.78, 5) is 18.8. The topological polar surface area (TPSA) is 50.2 Å². The first kappa shape index (κ1) is 14.0. The molecule has 1 aliphatic heterocycles. The second-order valence-corrected chi connectivity index (χ2v) is 6.30. The number of anilines is 1. The quantitative estimate of drug-likeness (QED) is 0.783. The standard InChI is InChI=1S/C17H16N4OS/c22-17(19-16-18-8-12-23-16)21-11-10-20-9-4-7-14(20)15(21)13-5-2-1-3-6-13/h1-9,12,15H,10-11H2,(H,18,19,22). The molecule has 0 radical (unpaired) electrons. The predicted octanol–water partition coefficient (Wildman–Crippen LogP) is 3.58. The normalized spacial score (nSPS) is 16.9. The molecule has 0 saturated heterocycles. The van der Waals surface area contributed by atoms with Crippen molar-refractivity contribution in [3.8, 4) is 0 Å². The molecule has 116 valence electrons. The summed E-state index contributed by atoms with van der Waals surface area (Å²) in [7, 11) is 0. The molecule has 0 bridgehead atoms. The lowest BCUT2D eigenvalue weighted by molar-refractivity contribution is 0.182. The van der Waals surface area contributed by atoms with E-state index in [-0.39, 0.29) is 12.1 Å². The van der Waals surface area contributed by atoms with Crippen LogP contribution in [0.2, 0.25) is 0 Å². The predicted molar refractivity (Wildman–Crippen MR) is 90.6 cm³/mol. The highest BCUT2D eigenvalue weighted by Crippen LogP contribution is 2.32. The third kappa shape index (κ3) is 2.61. The van der Waals surface area contributed by atoms with Gasteiger partial charge in [0.2, 0.25) is 0 Å². The fourth-order valence-electron chi connectivity index (χ4n) is 3.04. The van der Waals surface area contributed by atoms with Crippen LogP contribution in [-0.4, -0.2) is 27.0 Å². The van der Waals surface area contributed by atoms with Gasteiger partial charge in [-0.25, -0.2) is 9.78 Å². The van der Waals surface area contributed by atoms with Crippen molar-refractivity contribution in [2.24, 2.45) is 0 Å². The van der Waals surface area contributed by atoms with E-state index in [9.17, 15) is 4.79 Å². The van der Waals surface area contributed by atoms with Gasteiger partial charge in [0.1, 0.15) is 0 Å². The Hall–Kier alpha value is -2.60. The summed E-state index contributed by atoms with van der Waals surface area (Å²) in [6.45, 7) is 1.47. The molecule has 5 nitrogen and oxygen atoms in total. The van der Waals surface area contributed by atoms with Gasteiger partial charge >= 0.3 is 6.03 Å². The third-order valence-corrected chi connectivity index (χ3v) is 4.75. The van der Waals surface area contributed by atoms with Crippen molar-refractivity contribution in [1.29, 1.82) is 0 Å². The molecular weight excluding hydrogens is 308 g/mol. The van der Waals surface area contributed by atoms with Gasteiger partial charge < -0.3 is 9.47 Å². The molecule has 1 N–H and O–H groups in total. The molecule has 0 saturated carbocycles. The van der Waals surface area contributed by atoms with Crippen LogP contribution in [-0.2, 0) is 6.54 Å². The molecule has 1 unspecified atom stereocenters. The van der Waals surface area contributed by atoms with Crippen molar-refractivity contribution in [3.05, 3.63) is 71.5 Å². The summed E-state index contributed by atoms with van der Waals surface area (Å²) in [5.41, 5.74) is 2.25. The molecule has 1 aliphatic rings. The average Bonchev–Trinajstić information content (AvgIpc) is 3.25. The third-order valence-electron chi connectivity index (χ3n) is 4.06. The lowest BCUT2D eigenvalue weighted by Gasteiger charge is -2.37. The van der Waals surface area contributed by atoms with Gasteiger partial charge in [0.25, 0.3) is 0 Å². The Labute approximate surface area is 138 Å². The number of hydrogen-bond acceptors (Lipinski definition) is 3. The van der Waals surface area contributed by atoms with Gasteiger partial charge in [-0.1, -0.05) is 30.3 Å². The van der Waals surface area contributed by atoms with E-state index >= 15 is 0 Å². The Balaban J connectivity index is 1.69. The number of aromatic nitrogens is 2. The zero-order valence-corrected chi connectivity index (χ0v) is 13.2. The van der Waals surface area contributed by atoms with Crippen LogP contribution in [0.15, 0.2) is 60.2 Å². The van der Waals surface area contributed by atoms with Gasteiger partial charge in [0.05, 0.1) is 6.04 Å². The first-order valence-electron chi connectivity index (χ1n) is 7.50. The van der Waals surface area contributed by atoms with E-state index in [1.165, 1.54) is 11.3 Å². The number of carbonyl (C=O) groups is 1. The van der Waals surface area contributed by atoms with Crippen LogP contribution in [0.5, 0.6) is 0 Å². The van der Waals surface area contributed by atoms with E-state index < -0.39 is 0 Å². The minimum absolute atomic E-state index is 0.0834. The van der Waals surface area contributed by atoms with E-state index in [1.807, 2.05) is 34.5 Å². The molecule has 3 aromatic rings. The first-order valence-corrected chi connectivity index (χ1v) is 8.38. The van der Waals surface area contributed by atoms with Gasteiger partial charge in [-0.05, 0) is 17.7 Å². The number of benzene rings is 1. The Morgan fingerprint density at radius 3 is 2.83 bits per heavy atom. The first-order chi connectivity index (χ1) is 11.3. The Morgan fingerprint density at radius 2 is 2.04 bits per heavy atom. The molecule has 0 fully saturated rings. The van der Waals surface area contributed by atoms with E-state index in [2.05, 4.69) is 39.3 Å². The van der Waals surface area contributed by atoms with Crippen LogP contribution in [0.25, 0.3) is 0 Å². The molecule has 2 amide bonds. The number of urea groups is 1. The Morgan fingerprint density at radius 1 is 1.17 bits per heavy atom. The van der Waals surface area contributed by atoms with Crippen molar-refractivity contribution in [2.75, 3.05) is 11.9 Å². The maximum Gasteiger partial charge on any atom is 0.324 e. The zero-order chi connectivity index (χ0) is 15.6. The molecule has 23 heavy (non-hydrogen) atoms. The Bertz CT molecular complexity index is 797. The molecule has 6 heteroatoms. The summed E-state index contributed by atoms with van der Waals surface area (Å²) in [5.74, 6) is 0. The number of amides is 2. The zero-order valence-electron chi connectivity index (χ0n) is 12.4. The van der Waals surface area contributed by atoms with Crippen molar-refractivity contribution in [2.45, 2.75) is 12.6 Å². The SMILES string of the molecule is O=C(Nc1nccs1)N1CCn2cccc2C1c1ccccc1. The monoisotopic (exact) mass is 324 g/mol. The molecule has 0 spiro atoms. The number of carbonyl (C=O) groups excluding carboxylic acids is 1. The largest absolute Gasteiger partial charge is 0.348 e. The summed E-state index contributed by atoms with van der Waals surface area (Å²) < 4.78 is 2.21. The van der Waals surface area contributed by atoms with Gasteiger partial charge in [0, 0.05) is 36.6 Å². The maximum absolute atomic E-state index is 12.8. The molecule has 3 heterocycles. The molecule has 4 rings (SSSR count). The van der Waals surface area contributed by atoms with Crippen LogP contribution in [0, 0.1) is 0 Å². The van der Waals surface area contributed by atoms with Crippen LogP contribution in [0.1, 0.15) is 17.3 Å². The van der Waals surface area contributed by atoms with Gasteiger partial charge in [-0.2, -0.15) is 0 Å². The molecular formula is C17H16N4OS. The minimum Gasteiger partial charge on any atom is -0.348 e. The van der Waals surface area contributed by atoms with Gasteiger partial charge in [-0.3, -0.25) is 5.32 Å². The summed E-state index contributed by atoms with van der Waals surface area (Å²) in [6, 6.07) is 14.1. The van der Waals surface area contributed by atoms with Crippen LogP contribution in [0.3, 0.4) is 0 Å². The van der Waals surface area contributed by atoms with E-state index in [4.69, 9.17) is 0 Å². The second kappa shape index (κ2) is 5.89. The highest BCUT2D eigenvalue weighted by molar-refractivity contribution is 7.13. The summed E-state index contributed by atoms with van der Waals surface area (Å²) in [6.07, 6.45) is 3.76. The number of rotatable bonds is 2. The van der Waals surface area contributed by atoms with Gasteiger partial charge in [0.15, 0.2) is 5.13 Å². The number of nitrogens with zero attached hydrogens (tertiary/aromatic N) is 3. The summed E-state index contributed by atoms with van der Waals surface area (Å²) >= 11 is 1.42. The average molecular weight is 324 g/mol. The number of fused-ring (bicyclic) bond motifs is 1. The van der Waals surface area contributed by atoms with Crippen LogP contribution in [0.4, 0.5) is 9.93 Å². The van der Waals surface area contributed by atoms with Gasteiger partial charge in [-0.15, -0.1) is 11.3 Å². The number of thiazole rings is 1. The minimum atomic E-state index is -0.110. The smallest absolute Gasteiger partial charge is 0.324 e. The fourth-order valence-corrected chi connectivity index (χ4v) is 3.56. The lowest BCUT2D eigenvalue weighted by Crippen LogP contribution is -2.44. The van der Waals surface area contributed by atoms with E-state index in [0.29, 0.717) is 11.7 Å². The van der Waals surface area contributed by atoms with Crippen molar-refractivity contribution in [1.82, 2.24) is 14.5 Å². The van der Waals surface area contributed by atoms with Crippen molar-refractivity contribution >= 4 is 22.5 Å². The van der Waals surface area contributed by atoms with Crippen molar-refractivity contribution < 1.29 is 4.79 Å². The number of nitrogens with one attached hydrogen (secondary N) is 1. The number of hydrogen-bond donors (Lipinski definition) is 1. The maximum atomic E-state index is 12.8. The molecule has 1 aromatic carbocycles. The molecule has 0 aliphatic carbocycles. The highest BCUT2D eigenvalue weighted by atomic mass is 32.1. The highest BCUT2D eigenvalue weighted by Gasteiger charge is 2.32. The van der Waals surface area contributed by atoms with E-state index in [1.54, 1.807) is 6.20 Å². The van der Waals surface area contributed by atoms with Crippen LogP contribution < -0.4 is 5.32 Å². The molecule has 1 atom stereocenters. The van der Waals surface area contributed by atoms with Crippen molar-refractivity contribution in [3.63, 3.8) is 0 Å². The lowest BCUT2D eigenvalue weighted by atomic mass is 10.0. The van der Waals surface area contributed by atoms with Crippen LogP contribution >= 0.6 is 11.3 Å². The summed E-state index contributed by atoms with van der Waals surface area (Å²) in [5, 5.41) is 5.38. The Kier molecular flexibility index (Phi) is 3.59.